The van der Waals surface area contributed by atoms with Gasteiger partial charge in [0.25, 0.3) is 0 Å². The summed E-state index contributed by atoms with van der Waals surface area (Å²) in [5.74, 6) is 0.274. The zero-order valence-electron chi connectivity index (χ0n) is 8.00. The predicted molar refractivity (Wildman–Crippen MR) is 60.8 cm³/mol. The van der Waals surface area contributed by atoms with Crippen LogP contribution in [0, 0.1) is 5.92 Å². The molecule has 1 N–H and O–H groups in total. The highest BCUT2D eigenvalue weighted by Crippen LogP contribution is 2.45. The molecular formula is C11H13Cl2N. The van der Waals surface area contributed by atoms with Crippen LogP contribution in [0.15, 0.2) is 30.3 Å². The van der Waals surface area contributed by atoms with Crippen LogP contribution in [0.25, 0.3) is 0 Å². The Bertz CT molecular complexity index is 310. The molecule has 1 aromatic carbocycles. The highest BCUT2D eigenvalue weighted by molar-refractivity contribution is 6.49. The van der Waals surface area contributed by atoms with E-state index in [4.69, 9.17) is 23.2 Å². The van der Waals surface area contributed by atoms with Crippen molar-refractivity contribution in [3.8, 4) is 0 Å². The molecule has 1 nitrogen and oxygen atoms in total. The molecule has 0 bridgehead atoms. The number of hydrogen-bond acceptors (Lipinski definition) is 1. The first-order chi connectivity index (χ1) is 6.62. The zero-order chi connectivity index (χ0) is 10.2. The fourth-order valence-electron chi connectivity index (χ4n) is 1.84. The molecule has 0 aliphatic carbocycles. The fraction of sp³-hybridized carbons (Fsp3) is 0.455. The third-order valence-electron chi connectivity index (χ3n) is 2.80. The average Bonchev–Trinajstić information content (AvgIpc) is 2.44. The summed E-state index contributed by atoms with van der Waals surface area (Å²) >= 11 is 12.6. The first-order valence-corrected chi connectivity index (χ1v) is 5.54. The van der Waals surface area contributed by atoms with Gasteiger partial charge in [0.2, 0.25) is 0 Å². The van der Waals surface area contributed by atoms with E-state index in [-0.39, 0.29) is 12.0 Å². The molecule has 1 aliphatic heterocycles. The maximum absolute atomic E-state index is 6.32. The second kappa shape index (κ2) is 3.73. The minimum absolute atomic E-state index is 0.0435. The van der Waals surface area contributed by atoms with E-state index in [2.05, 4.69) is 24.4 Å². The number of halogens is 2. The Morgan fingerprint density at radius 2 is 1.93 bits per heavy atom. The van der Waals surface area contributed by atoms with Gasteiger partial charge in [-0.15, -0.1) is 0 Å². The van der Waals surface area contributed by atoms with Gasteiger partial charge in [-0.1, -0.05) is 60.5 Å². The molecule has 2 rings (SSSR count). The summed E-state index contributed by atoms with van der Waals surface area (Å²) in [4.78, 5) is 0. The van der Waals surface area contributed by atoms with Gasteiger partial charge in [-0.2, -0.15) is 0 Å². The van der Waals surface area contributed by atoms with Crippen molar-refractivity contribution < 1.29 is 0 Å². The van der Waals surface area contributed by atoms with Crippen molar-refractivity contribution in [1.29, 1.82) is 0 Å². The standard InChI is InChI=1S/C11H13Cl2N/c1-8-7-14-10(11(8,12)13)9-5-3-2-4-6-9/h2-6,8,10,14H,7H2,1H3. The van der Waals surface area contributed by atoms with E-state index >= 15 is 0 Å². The van der Waals surface area contributed by atoms with Crippen LogP contribution in [0.5, 0.6) is 0 Å². The fourth-order valence-corrected chi connectivity index (χ4v) is 2.40. The number of nitrogens with one attached hydrogen (secondary N) is 1. The molecule has 1 heterocycles. The van der Waals surface area contributed by atoms with Crippen LogP contribution in [-0.4, -0.2) is 10.9 Å². The molecule has 76 valence electrons. The maximum Gasteiger partial charge on any atom is 0.141 e. The number of alkyl halides is 2. The third kappa shape index (κ3) is 1.65. The minimum Gasteiger partial charge on any atom is -0.307 e. The van der Waals surface area contributed by atoms with Gasteiger partial charge < -0.3 is 5.32 Å². The molecule has 3 heteroatoms. The van der Waals surface area contributed by atoms with E-state index < -0.39 is 4.33 Å². The van der Waals surface area contributed by atoms with Gasteiger partial charge in [-0.25, -0.2) is 0 Å². The second-order valence-corrected chi connectivity index (χ2v) is 5.27. The highest BCUT2D eigenvalue weighted by Gasteiger charge is 2.45. The van der Waals surface area contributed by atoms with Crippen molar-refractivity contribution >= 4 is 23.2 Å². The smallest absolute Gasteiger partial charge is 0.141 e. The Morgan fingerprint density at radius 3 is 2.43 bits per heavy atom. The van der Waals surface area contributed by atoms with Gasteiger partial charge in [0.15, 0.2) is 0 Å². The lowest BCUT2D eigenvalue weighted by atomic mass is 10.0. The van der Waals surface area contributed by atoms with Crippen molar-refractivity contribution in [2.75, 3.05) is 6.54 Å². The lowest BCUT2D eigenvalue weighted by Gasteiger charge is -2.25. The molecule has 0 spiro atoms. The highest BCUT2D eigenvalue weighted by atomic mass is 35.5. The molecule has 0 aromatic heterocycles. The van der Waals surface area contributed by atoms with E-state index in [1.807, 2.05) is 18.2 Å². The largest absolute Gasteiger partial charge is 0.307 e. The van der Waals surface area contributed by atoms with E-state index in [1.54, 1.807) is 0 Å². The van der Waals surface area contributed by atoms with Gasteiger partial charge in [-0.3, -0.25) is 0 Å². The Labute approximate surface area is 94.4 Å². The summed E-state index contributed by atoms with van der Waals surface area (Å²) in [5.41, 5.74) is 1.15. The predicted octanol–water partition coefficient (Wildman–Crippen LogP) is 3.14. The monoisotopic (exact) mass is 229 g/mol. The topological polar surface area (TPSA) is 12.0 Å². The molecule has 2 unspecified atom stereocenters. The van der Waals surface area contributed by atoms with E-state index in [0.717, 1.165) is 12.1 Å². The summed E-state index contributed by atoms with van der Waals surface area (Å²) in [6, 6.07) is 10.1. The summed E-state index contributed by atoms with van der Waals surface area (Å²) in [7, 11) is 0. The number of rotatable bonds is 1. The summed E-state index contributed by atoms with van der Waals surface area (Å²) in [6.45, 7) is 2.93. The van der Waals surface area contributed by atoms with Crippen LogP contribution in [0.4, 0.5) is 0 Å². The molecule has 1 aromatic rings. The van der Waals surface area contributed by atoms with Crippen molar-refractivity contribution in [2.45, 2.75) is 17.3 Å². The van der Waals surface area contributed by atoms with Gasteiger partial charge in [0.1, 0.15) is 4.33 Å². The molecule has 1 saturated heterocycles. The molecular weight excluding hydrogens is 217 g/mol. The molecule has 14 heavy (non-hydrogen) atoms. The van der Waals surface area contributed by atoms with Crippen LogP contribution in [0.1, 0.15) is 18.5 Å². The average molecular weight is 230 g/mol. The Morgan fingerprint density at radius 1 is 1.29 bits per heavy atom. The Balaban J connectivity index is 2.29. The van der Waals surface area contributed by atoms with Crippen LogP contribution in [0.3, 0.4) is 0 Å². The quantitative estimate of drug-likeness (QED) is 0.731. The minimum atomic E-state index is -0.693. The van der Waals surface area contributed by atoms with Crippen molar-refractivity contribution in [3.63, 3.8) is 0 Å². The van der Waals surface area contributed by atoms with Crippen LogP contribution < -0.4 is 5.32 Å². The molecule has 0 radical (unpaired) electrons. The molecule has 1 fully saturated rings. The van der Waals surface area contributed by atoms with Gasteiger partial charge >= 0.3 is 0 Å². The first kappa shape index (κ1) is 10.3. The Hall–Kier alpha value is -0.240. The van der Waals surface area contributed by atoms with E-state index in [9.17, 15) is 0 Å². The van der Waals surface area contributed by atoms with E-state index in [0.29, 0.717) is 0 Å². The Kier molecular flexibility index (Phi) is 2.74. The summed E-state index contributed by atoms with van der Waals surface area (Å²) < 4.78 is -0.693. The normalized spacial score (nSPS) is 30.5. The van der Waals surface area contributed by atoms with Gasteiger partial charge in [0.05, 0.1) is 6.04 Å². The zero-order valence-corrected chi connectivity index (χ0v) is 9.52. The summed E-state index contributed by atoms with van der Waals surface area (Å²) in [5, 5.41) is 3.35. The van der Waals surface area contributed by atoms with Crippen molar-refractivity contribution in [1.82, 2.24) is 5.32 Å². The van der Waals surface area contributed by atoms with Gasteiger partial charge in [0, 0.05) is 12.5 Å². The van der Waals surface area contributed by atoms with Crippen LogP contribution in [-0.2, 0) is 0 Å². The second-order valence-electron chi connectivity index (χ2n) is 3.83. The lowest BCUT2D eigenvalue weighted by molar-refractivity contribution is 0.567. The van der Waals surface area contributed by atoms with Crippen LogP contribution in [0.2, 0.25) is 0 Å². The van der Waals surface area contributed by atoms with Crippen LogP contribution >= 0.6 is 23.2 Å². The summed E-state index contributed by atoms with van der Waals surface area (Å²) in [6.07, 6.45) is 0. The van der Waals surface area contributed by atoms with E-state index in [1.165, 1.54) is 0 Å². The molecule has 0 saturated carbocycles. The molecule has 0 amide bonds. The number of hydrogen-bond donors (Lipinski definition) is 1. The van der Waals surface area contributed by atoms with Crippen molar-refractivity contribution in [2.24, 2.45) is 5.92 Å². The number of benzene rings is 1. The lowest BCUT2D eigenvalue weighted by Crippen LogP contribution is -2.27. The maximum atomic E-state index is 6.32. The third-order valence-corrected chi connectivity index (χ3v) is 3.98. The first-order valence-electron chi connectivity index (χ1n) is 4.78. The molecule has 2 atom stereocenters. The molecule has 1 aliphatic rings. The SMILES string of the molecule is CC1CNC(c2ccccc2)C1(Cl)Cl. The van der Waals surface area contributed by atoms with Crippen molar-refractivity contribution in [3.05, 3.63) is 35.9 Å². The van der Waals surface area contributed by atoms with Gasteiger partial charge in [-0.05, 0) is 5.56 Å².